The lowest BCUT2D eigenvalue weighted by Gasteiger charge is -2.56. The van der Waals surface area contributed by atoms with Gasteiger partial charge in [-0.05, 0) is 76.7 Å². The largest absolute Gasteiger partial charge is 0.467 e. The zero-order valence-electron chi connectivity index (χ0n) is 20.1. The number of carbonyl (C=O) groups excluding carboxylic acids is 1. The van der Waals surface area contributed by atoms with Gasteiger partial charge >= 0.3 is 0 Å². The molecule has 0 aromatic heterocycles. The van der Waals surface area contributed by atoms with Crippen LogP contribution in [0, 0.1) is 33.6 Å². The Hall–Kier alpha value is -3.38. The molecular formula is C28H29N3O2S. The van der Waals surface area contributed by atoms with Crippen molar-refractivity contribution in [1.29, 1.82) is 0 Å². The third-order valence-electron chi connectivity index (χ3n) is 6.87. The van der Waals surface area contributed by atoms with Gasteiger partial charge in [0, 0.05) is 16.9 Å². The zero-order valence-corrected chi connectivity index (χ0v) is 20.9. The van der Waals surface area contributed by atoms with Gasteiger partial charge in [0.15, 0.2) is 10.8 Å². The molecule has 2 aliphatic heterocycles. The zero-order chi connectivity index (χ0) is 24.2. The number of nitrogens with one attached hydrogen (secondary N) is 2. The van der Waals surface area contributed by atoms with Crippen molar-refractivity contribution in [3.05, 3.63) is 88.5 Å². The molecule has 2 bridgehead atoms. The van der Waals surface area contributed by atoms with Gasteiger partial charge < -0.3 is 15.4 Å². The van der Waals surface area contributed by atoms with Crippen molar-refractivity contribution in [3.63, 3.8) is 0 Å². The third kappa shape index (κ3) is 3.62. The number of amides is 1. The molecule has 1 amide bonds. The van der Waals surface area contributed by atoms with Gasteiger partial charge in [-0.2, -0.15) is 0 Å². The Morgan fingerprint density at radius 2 is 1.62 bits per heavy atom. The van der Waals surface area contributed by atoms with Crippen LogP contribution in [0.2, 0.25) is 0 Å². The van der Waals surface area contributed by atoms with Crippen molar-refractivity contribution in [3.8, 4) is 5.75 Å². The third-order valence-corrected chi connectivity index (χ3v) is 7.17. The van der Waals surface area contributed by atoms with E-state index in [-0.39, 0.29) is 11.9 Å². The average molecular weight is 472 g/mol. The molecule has 0 unspecified atom stereocenters. The molecule has 3 aromatic carbocycles. The summed E-state index contributed by atoms with van der Waals surface area (Å²) in [7, 11) is 0. The van der Waals surface area contributed by atoms with Crippen LogP contribution in [0.5, 0.6) is 5.75 Å². The van der Waals surface area contributed by atoms with Crippen LogP contribution in [0.25, 0.3) is 0 Å². The SMILES string of the molecule is Cc1ccc(N2C(=S)N[C@H]3c4cc(C)ccc4O[C@@]2(C)[C@H]3C(=O)Nc2ccc(C)cc2C)cc1. The van der Waals surface area contributed by atoms with E-state index in [1.54, 1.807) is 0 Å². The minimum atomic E-state index is -1.02. The van der Waals surface area contributed by atoms with Gasteiger partial charge in [-0.15, -0.1) is 0 Å². The molecule has 2 N–H and O–H groups in total. The highest BCUT2D eigenvalue weighted by atomic mass is 32.1. The van der Waals surface area contributed by atoms with Crippen LogP contribution in [-0.4, -0.2) is 16.7 Å². The topological polar surface area (TPSA) is 53.6 Å². The quantitative estimate of drug-likeness (QED) is 0.479. The first-order valence-corrected chi connectivity index (χ1v) is 11.9. The molecule has 3 atom stereocenters. The Bertz CT molecular complexity index is 1300. The van der Waals surface area contributed by atoms with E-state index in [0.29, 0.717) is 5.11 Å². The van der Waals surface area contributed by atoms with Crippen molar-refractivity contribution in [1.82, 2.24) is 5.32 Å². The summed E-state index contributed by atoms with van der Waals surface area (Å²) in [5, 5.41) is 7.19. The number of benzene rings is 3. The normalized spacial score (nSPS) is 23.0. The predicted molar refractivity (Wildman–Crippen MR) is 140 cm³/mol. The van der Waals surface area contributed by atoms with Gasteiger partial charge in [0.05, 0.1) is 6.04 Å². The number of ether oxygens (including phenoxy) is 1. The maximum absolute atomic E-state index is 14.0. The van der Waals surface area contributed by atoms with E-state index in [1.165, 1.54) is 0 Å². The number of carbonyl (C=O) groups is 1. The summed E-state index contributed by atoms with van der Waals surface area (Å²) in [5.41, 5.74) is 6.04. The van der Waals surface area contributed by atoms with Crippen molar-refractivity contribution < 1.29 is 9.53 Å². The molecule has 174 valence electrons. The second kappa shape index (κ2) is 8.13. The molecule has 34 heavy (non-hydrogen) atoms. The predicted octanol–water partition coefficient (Wildman–Crippen LogP) is 5.72. The molecular weight excluding hydrogens is 442 g/mol. The maximum atomic E-state index is 14.0. The molecule has 5 nitrogen and oxygen atoms in total. The van der Waals surface area contributed by atoms with Gasteiger partial charge in [-0.3, -0.25) is 9.69 Å². The Labute approximate surface area is 206 Å². The van der Waals surface area contributed by atoms with E-state index in [4.69, 9.17) is 17.0 Å². The fourth-order valence-corrected chi connectivity index (χ4v) is 5.56. The van der Waals surface area contributed by atoms with Crippen molar-refractivity contribution in [2.24, 2.45) is 5.92 Å². The average Bonchev–Trinajstić information content (AvgIpc) is 2.77. The minimum Gasteiger partial charge on any atom is -0.467 e. The lowest BCUT2D eigenvalue weighted by molar-refractivity contribution is -0.130. The Morgan fingerprint density at radius 3 is 2.32 bits per heavy atom. The molecule has 6 heteroatoms. The standard InChI is InChI=1S/C28H29N3O2S/c1-16-6-10-20(11-7-16)31-27(34)30-25-21-15-18(3)9-13-23(21)33-28(31,5)24(25)26(32)29-22-12-8-17(2)14-19(22)4/h6-15,24-25H,1-5H3,(H,29,32)(H,30,34)/t24-,25+,28+/m1/s1. The number of anilines is 2. The number of hydrogen-bond acceptors (Lipinski definition) is 3. The summed E-state index contributed by atoms with van der Waals surface area (Å²) < 4.78 is 6.67. The van der Waals surface area contributed by atoms with E-state index >= 15 is 0 Å². The Kier molecular flexibility index (Phi) is 5.36. The van der Waals surface area contributed by atoms with Crippen LogP contribution >= 0.6 is 12.2 Å². The highest BCUT2D eigenvalue weighted by Crippen LogP contribution is 2.50. The van der Waals surface area contributed by atoms with E-state index in [2.05, 4.69) is 22.8 Å². The fourth-order valence-electron chi connectivity index (χ4n) is 5.15. The van der Waals surface area contributed by atoms with E-state index < -0.39 is 11.6 Å². The summed E-state index contributed by atoms with van der Waals surface area (Å²) in [6.45, 7) is 10.1. The summed E-state index contributed by atoms with van der Waals surface area (Å²) in [6, 6.07) is 19.9. The summed E-state index contributed by atoms with van der Waals surface area (Å²) >= 11 is 5.84. The van der Waals surface area contributed by atoms with Crippen LogP contribution in [0.4, 0.5) is 11.4 Å². The molecule has 1 fully saturated rings. The lowest BCUT2D eigenvalue weighted by Crippen LogP contribution is -2.72. The van der Waals surface area contributed by atoms with Gasteiger partial charge in [0.2, 0.25) is 5.91 Å². The summed E-state index contributed by atoms with van der Waals surface area (Å²) in [6.07, 6.45) is 0. The van der Waals surface area contributed by atoms with Gasteiger partial charge in [0.1, 0.15) is 11.7 Å². The smallest absolute Gasteiger partial charge is 0.236 e. The van der Waals surface area contributed by atoms with E-state index in [1.807, 2.05) is 88.0 Å². The minimum absolute atomic E-state index is 0.112. The van der Waals surface area contributed by atoms with Gasteiger partial charge in [-0.25, -0.2) is 0 Å². The van der Waals surface area contributed by atoms with Crippen LogP contribution in [-0.2, 0) is 4.79 Å². The molecule has 3 aromatic rings. The molecule has 5 rings (SSSR count). The highest BCUT2D eigenvalue weighted by molar-refractivity contribution is 7.80. The van der Waals surface area contributed by atoms with E-state index in [9.17, 15) is 4.79 Å². The number of nitrogens with zero attached hydrogens (tertiary/aromatic N) is 1. The molecule has 0 aliphatic carbocycles. The number of hydrogen-bond donors (Lipinski definition) is 2. The maximum Gasteiger partial charge on any atom is 0.236 e. The number of rotatable bonds is 3. The van der Waals surface area contributed by atoms with Crippen LogP contribution in [0.1, 0.15) is 40.8 Å². The number of fused-ring (bicyclic) bond motifs is 4. The second-order valence-corrected chi connectivity index (χ2v) is 9.97. The van der Waals surface area contributed by atoms with Gasteiger partial charge in [0.25, 0.3) is 0 Å². The lowest BCUT2D eigenvalue weighted by atomic mass is 9.78. The molecule has 2 heterocycles. The first-order chi connectivity index (χ1) is 16.2. The second-order valence-electron chi connectivity index (χ2n) is 9.58. The molecule has 0 radical (unpaired) electrons. The van der Waals surface area contributed by atoms with Gasteiger partial charge in [-0.1, -0.05) is 53.1 Å². The summed E-state index contributed by atoms with van der Waals surface area (Å²) in [4.78, 5) is 15.9. The first kappa shape index (κ1) is 22.4. The van der Waals surface area contributed by atoms with E-state index in [0.717, 1.165) is 44.9 Å². The number of aryl methyl sites for hydroxylation is 4. The van der Waals surface area contributed by atoms with Crippen LogP contribution < -0.4 is 20.3 Å². The molecule has 0 saturated carbocycles. The van der Waals surface area contributed by atoms with Crippen LogP contribution in [0.3, 0.4) is 0 Å². The monoisotopic (exact) mass is 471 g/mol. The van der Waals surface area contributed by atoms with Crippen molar-refractivity contribution in [2.75, 3.05) is 10.2 Å². The van der Waals surface area contributed by atoms with Crippen molar-refractivity contribution in [2.45, 2.75) is 46.4 Å². The molecule has 2 aliphatic rings. The fraction of sp³-hybridized carbons (Fsp3) is 0.286. The van der Waals surface area contributed by atoms with Crippen molar-refractivity contribution >= 4 is 34.6 Å². The highest BCUT2D eigenvalue weighted by Gasteiger charge is 2.59. The van der Waals surface area contributed by atoms with Crippen LogP contribution in [0.15, 0.2) is 60.7 Å². The summed E-state index contributed by atoms with van der Waals surface area (Å²) in [5.74, 6) is 0.0926. The molecule has 0 spiro atoms. The Morgan fingerprint density at radius 1 is 0.971 bits per heavy atom. The number of thiocarbonyl (C=S) groups is 1. The first-order valence-electron chi connectivity index (χ1n) is 11.5. The Balaban J connectivity index is 1.63. The molecule has 1 saturated heterocycles.